The van der Waals surface area contributed by atoms with Gasteiger partial charge in [0.05, 0.1) is 19.8 Å². The lowest BCUT2D eigenvalue weighted by Crippen LogP contribution is -2.36. The van der Waals surface area contributed by atoms with E-state index >= 15 is 0 Å². The normalized spacial score (nSPS) is 13.3. The van der Waals surface area contributed by atoms with Gasteiger partial charge >= 0.3 is 0 Å². The highest BCUT2D eigenvalue weighted by atomic mass is 35.5. The van der Waals surface area contributed by atoms with Crippen LogP contribution < -0.4 is 15.0 Å². The van der Waals surface area contributed by atoms with Crippen molar-refractivity contribution in [3.05, 3.63) is 88.9 Å². The second kappa shape index (κ2) is 11.7. The Morgan fingerprint density at radius 3 is 2.29 bits per heavy atom. The lowest BCUT2D eigenvalue weighted by molar-refractivity contribution is -0.116. The van der Waals surface area contributed by atoms with Gasteiger partial charge in [-0.3, -0.25) is 9.59 Å². The first-order chi connectivity index (χ1) is 17.0. The van der Waals surface area contributed by atoms with Crippen LogP contribution in [0.1, 0.15) is 15.9 Å². The summed E-state index contributed by atoms with van der Waals surface area (Å²) in [5, 5.41) is 3.51. The lowest BCUT2D eigenvalue weighted by atomic mass is 10.1. The van der Waals surface area contributed by atoms with Gasteiger partial charge in [-0.2, -0.15) is 0 Å². The summed E-state index contributed by atoms with van der Waals surface area (Å²) >= 11 is 5.88. The Labute approximate surface area is 210 Å². The standard InChI is InChI=1S/C27H28ClN3O4/c1-30(18-26(32)29-23-8-10-24(11-9-23)31-14-16-34-17-15-31)27(33)21-4-2-20(3-5-21)19-35-25-12-6-22(28)7-13-25/h2-13H,14-19H2,1H3,(H,29,32). The molecule has 1 aliphatic rings. The van der Waals surface area contributed by atoms with Crippen LogP contribution in [0.15, 0.2) is 72.8 Å². The molecule has 0 unspecified atom stereocenters. The predicted molar refractivity (Wildman–Crippen MR) is 137 cm³/mol. The van der Waals surface area contributed by atoms with Gasteiger partial charge in [-0.15, -0.1) is 0 Å². The van der Waals surface area contributed by atoms with E-state index in [0.29, 0.717) is 22.9 Å². The SMILES string of the molecule is CN(CC(=O)Nc1ccc(N2CCOCC2)cc1)C(=O)c1ccc(COc2ccc(Cl)cc2)cc1. The number of amides is 2. The summed E-state index contributed by atoms with van der Waals surface area (Å²) in [7, 11) is 1.61. The summed E-state index contributed by atoms with van der Waals surface area (Å²) in [5.74, 6) is 0.233. The van der Waals surface area contributed by atoms with E-state index in [1.165, 1.54) is 4.90 Å². The van der Waals surface area contributed by atoms with Crippen molar-refractivity contribution in [2.24, 2.45) is 0 Å². The Hall–Kier alpha value is -3.55. The molecule has 3 aromatic carbocycles. The van der Waals surface area contributed by atoms with Crippen LogP contribution in [0, 0.1) is 0 Å². The Bertz CT molecular complexity index is 1130. The Kier molecular flexibility index (Phi) is 8.23. The fourth-order valence-electron chi connectivity index (χ4n) is 3.73. The molecule has 0 bridgehead atoms. The smallest absolute Gasteiger partial charge is 0.254 e. The van der Waals surface area contributed by atoms with Gasteiger partial charge in [-0.05, 0) is 66.2 Å². The van der Waals surface area contributed by atoms with E-state index in [9.17, 15) is 9.59 Å². The fourth-order valence-corrected chi connectivity index (χ4v) is 3.85. The first-order valence-corrected chi connectivity index (χ1v) is 11.8. The molecule has 35 heavy (non-hydrogen) atoms. The zero-order valence-electron chi connectivity index (χ0n) is 19.6. The fraction of sp³-hybridized carbons (Fsp3) is 0.259. The zero-order chi connectivity index (χ0) is 24.6. The summed E-state index contributed by atoms with van der Waals surface area (Å²) in [6, 6.07) is 22.0. The Morgan fingerprint density at radius 2 is 1.63 bits per heavy atom. The Morgan fingerprint density at radius 1 is 0.971 bits per heavy atom. The number of benzene rings is 3. The molecule has 4 rings (SSSR count). The van der Waals surface area contributed by atoms with Gasteiger partial charge in [0, 0.05) is 42.1 Å². The number of halogens is 1. The van der Waals surface area contributed by atoms with Crippen molar-refractivity contribution in [2.45, 2.75) is 6.61 Å². The maximum Gasteiger partial charge on any atom is 0.254 e. The summed E-state index contributed by atoms with van der Waals surface area (Å²) in [4.78, 5) is 28.9. The molecule has 0 spiro atoms. The molecular formula is C27H28ClN3O4. The van der Waals surface area contributed by atoms with E-state index in [1.807, 2.05) is 36.4 Å². The average Bonchev–Trinajstić information content (AvgIpc) is 2.89. The highest BCUT2D eigenvalue weighted by Crippen LogP contribution is 2.20. The zero-order valence-corrected chi connectivity index (χ0v) is 20.3. The third kappa shape index (κ3) is 6.97. The molecule has 8 heteroatoms. The van der Waals surface area contributed by atoms with Crippen molar-refractivity contribution < 1.29 is 19.1 Å². The van der Waals surface area contributed by atoms with Gasteiger partial charge in [-0.1, -0.05) is 23.7 Å². The molecule has 2 amide bonds. The molecule has 1 heterocycles. The number of anilines is 2. The Balaban J connectivity index is 1.25. The van der Waals surface area contributed by atoms with Crippen molar-refractivity contribution >= 4 is 34.8 Å². The molecule has 7 nitrogen and oxygen atoms in total. The third-order valence-corrected chi connectivity index (χ3v) is 5.93. The highest BCUT2D eigenvalue weighted by molar-refractivity contribution is 6.30. The van der Waals surface area contributed by atoms with E-state index in [0.717, 1.165) is 43.3 Å². The maximum absolute atomic E-state index is 12.8. The number of morpholine rings is 1. The first kappa shape index (κ1) is 24.6. The van der Waals surface area contributed by atoms with Gasteiger partial charge in [0.1, 0.15) is 12.4 Å². The molecule has 182 valence electrons. The molecular weight excluding hydrogens is 466 g/mol. The van der Waals surface area contributed by atoms with Crippen LogP contribution in [0.5, 0.6) is 5.75 Å². The highest BCUT2D eigenvalue weighted by Gasteiger charge is 2.16. The van der Waals surface area contributed by atoms with E-state index in [-0.39, 0.29) is 18.4 Å². The van der Waals surface area contributed by atoms with Crippen LogP contribution in [0.2, 0.25) is 5.02 Å². The van der Waals surface area contributed by atoms with Crippen LogP contribution in [-0.2, 0) is 16.1 Å². The number of ether oxygens (including phenoxy) is 2. The number of nitrogens with zero attached hydrogens (tertiary/aromatic N) is 2. The lowest BCUT2D eigenvalue weighted by Gasteiger charge is -2.28. The van der Waals surface area contributed by atoms with Gasteiger partial charge in [0.15, 0.2) is 0 Å². The monoisotopic (exact) mass is 493 g/mol. The van der Waals surface area contributed by atoms with Crippen molar-refractivity contribution in [1.29, 1.82) is 0 Å². The van der Waals surface area contributed by atoms with Gasteiger partial charge in [0.2, 0.25) is 5.91 Å². The summed E-state index contributed by atoms with van der Waals surface area (Å²) in [6.45, 7) is 3.48. The second-order valence-corrected chi connectivity index (χ2v) is 8.73. The number of nitrogens with one attached hydrogen (secondary N) is 1. The number of likely N-dealkylation sites (N-methyl/N-ethyl adjacent to an activating group) is 1. The minimum atomic E-state index is -0.257. The molecule has 0 atom stereocenters. The van der Waals surface area contributed by atoms with E-state index < -0.39 is 0 Å². The third-order valence-electron chi connectivity index (χ3n) is 5.67. The van der Waals surface area contributed by atoms with Crippen LogP contribution >= 0.6 is 11.6 Å². The molecule has 1 N–H and O–H groups in total. The van der Waals surface area contributed by atoms with Gasteiger partial charge < -0.3 is 24.6 Å². The maximum atomic E-state index is 12.8. The summed E-state index contributed by atoms with van der Waals surface area (Å²) in [5.41, 5.74) is 3.22. The molecule has 1 fully saturated rings. The van der Waals surface area contributed by atoms with Crippen molar-refractivity contribution in [3.8, 4) is 5.75 Å². The van der Waals surface area contributed by atoms with Gasteiger partial charge in [-0.25, -0.2) is 0 Å². The molecule has 3 aromatic rings. The van der Waals surface area contributed by atoms with Crippen LogP contribution in [0.25, 0.3) is 0 Å². The largest absolute Gasteiger partial charge is 0.489 e. The predicted octanol–water partition coefficient (Wildman–Crippen LogP) is 4.47. The summed E-state index contributed by atoms with van der Waals surface area (Å²) < 4.78 is 11.1. The first-order valence-electron chi connectivity index (χ1n) is 11.4. The van der Waals surface area contributed by atoms with Crippen molar-refractivity contribution in [3.63, 3.8) is 0 Å². The number of carbonyl (C=O) groups excluding carboxylic acids is 2. The van der Waals surface area contributed by atoms with Crippen molar-refractivity contribution in [1.82, 2.24) is 4.90 Å². The number of hydrogen-bond acceptors (Lipinski definition) is 5. The van der Waals surface area contributed by atoms with Gasteiger partial charge in [0.25, 0.3) is 5.91 Å². The average molecular weight is 494 g/mol. The van der Waals surface area contributed by atoms with Crippen LogP contribution in [-0.4, -0.2) is 56.6 Å². The number of hydrogen-bond donors (Lipinski definition) is 1. The van der Waals surface area contributed by atoms with E-state index in [4.69, 9.17) is 21.1 Å². The molecule has 0 aromatic heterocycles. The quantitative estimate of drug-likeness (QED) is 0.501. The molecule has 0 saturated carbocycles. The molecule has 0 aliphatic carbocycles. The summed E-state index contributed by atoms with van der Waals surface area (Å²) in [6.07, 6.45) is 0. The second-order valence-electron chi connectivity index (χ2n) is 8.30. The van der Waals surface area contributed by atoms with Crippen LogP contribution in [0.4, 0.5) is 11.4 Å². The van der Waals surface area contributed by atoms with Crippen molar-refractivity contribution in [2.75, 3.05) is 50.1 Å². The minimum absolute atomic E-state index is 0.0501. The molecule has 0 radical (unpaired) electrons. The molecule has 1 saturated heterocycles. The molecule has 1 aliphatic heterocycles. The van der Waals surface area contributed by atoms with E-state index in [1.54, 1.807) is 43.4 Å². The topological polar surface area (TPSA) is 71.1 Å². The minimum Gasteiger partial charge on any atom is -0.489 e. The van der Waals surface area contributed by atoms with Crippen LogP contribution in [0.3, 0.4) is 0 Å². The van der Waals surface area contributed by atoms with E-state index in [2.05, 4.69) is 10.2 Å². The number of carbonyl (C=O) groups is 2. The number of rotatable bonds is 8.